The Bertz CT molecular complexity index is 429. The molecular formula is C12H18N2O3S. The fraction of sp³-hybridized carbons (Fsp3) is 0.583. The fourth-order valence-electron chi connectivity index (χ4n) is 1.39. The van der Waals surface area contributed by atoms with E-state index in [-0.39, 0.29) is 18.1 Å². The van der Waals surface area contributed by atoms with E-state index in [1.807, 2.05) is 0 Å². The molecule has 0 spiro atoms. The summed E-state index contributed by atoms with van der Waals surface area (Å²) in [6, 6.07) is 0. The number of esters is 1. The molecule has 6 heteroatoms. The fourth-order valence-corrected chi connectivity index (χ4v) is 2.30. The summed E-state index contributed by atoms with van der Waals surface area (Å²) in [6.07, 6.45) is 1.02. The van der Waals surface area contributed by atoms with E-state index in [1.165, 1.54) is 18.3 Å². The molecule has 0 amide bonds. The third kappa shape index (κ3) is 3.89. The first-order chi connectivity index (χ1) is 8.60. The molecule has 1 N–H and O–H groups in total. The van der Waals surface area contributed by atoms with Crippen LogP contribution >= 0.6 is 11.3 Å². The first-order valence-corrected chi connectivity index (χ1v) is 6.80. The maximum absolute atomic E-state index is 11.7. The van der Waals surface area contributed by atoms with Crippen LogP contribution in [-0.4, -0.2) is 29.9 Å². The number of aromatic nitrogens is 1. The highest BCUT2D eigenvalue weighted by Crippen LogP contribution is 2.20. The molecule has 0 saturated carbocycles. The lowest BCUT2D eigenvalue weighted by Gasteiger charge is -1.99. The number of ketones is 1. The van der Waals surface area contributed by atoms with E-state index in [1.54, 1.807) is 6.92 Å². The molecule has 1 aromatic rings. The van der Waals surface area contributed by atoms with Crippen molar-refractivity contribution >= 4 is 23.1 Å². The highest BCUT2D eigenvalue weighted by atomic mass is 32.1. The second-order valence-electron chi connectivity index (χ2n) is 3.74. The van der Waals surface area contributed by atoms with Gasteiger partial charge in [0.1, 0.15) is 9.88 Å². The van der Waals surface area contributed by atoms with E-state index in [4.69, 9.17) is 4.74 Å². The molecule has 1 heterocycles. The molecule has 0 aromatic carbocycles. The SMILES string of the molecule is CCCNCc1nc(C(=O)OCC)c(C(C)=O)s1. The monoisotopic (exact) mass is 270 g/mol. The van der Waals surface area contributed by atoms with Gasteiger partial charge in [0.2, 0.25) is 0 Å². The van der Waals surface area contributed by atoms with Gasteiger partial charge in [-0.3, -0.25) is 4.79 Å². The second-order valence-corrected chi connectivity index (χ2v) is 4.82. The van der Waals surface area contributed by atoms with Crippen LogP contribution in [0.2, 0.25) is 0 Å². The van der Waals surface area contributed by atoms with Crippen molar-refractivity contribution in [2.45, 2.75) is 33.7 Å². The van der Waals surface area contributed by atoms with Gasteiger partial charge in [-0.1, -0.05) is 6.92 Å². The molecule has 1 rings (SSSR count). The normalized spacial score (nSPS) is 10.4. The number of nitrogens with one attached hydrogen (secondary N) is 1. The summed E-state index contributed by atoms with van der Waals surface area (Å²) < 4.78 is 4.89. The molecule has 0 atom stereocenters. The number of thiazole rings is 1. The molecule has 0 aliphatic heterocycles. The molecule has 0 radical (unpaired) electrons. The Balaban J connectivity index is 2.87. The van der Waals surface area contributed by atoms with Crippen LogP contribution in [0.15, 0.2) is 0 Å². The van der Waals surface area contributed by atoms with Gasteiger partial charge in [-0.05, 0) is 19.9 Å². The summed E-state index contributed by atoms with van der Waals surface area (Å²) in [5.41, 5.74) is 0.141. The van der Waals surface area contributed by atoms with Crippen LogP contribution in [-0.2, 0) is 11.3 Å². The summed E-state index contributed by atoms with van der Waals surface area (Å²) in [6.45, 7) is 6.94. The summed E-state index contributed by atoms with van der Waals surface area (Å²) in [5, 5.41) is 3.92. The molecule has 100 valence electrons. The highest BCUT2D eigenvalue weighted by Gasteiger charge is 2.21. The Labute approximate surface area is 111 Å². The van der Waals surface area contributed by atoms with Crippen LogP contribution in [0.1, 0.15) is 52.4 Å². The standard InChI is InChI=1S/C12H18N2O3S/c1-4-6-13-7-9-14-10(12(16)17-5-2)11(18-9)8(3)15/h13H,4-7H2,1-3H3. The van der Waals surface area contributed by atoms with Crippen LogP contribution in [0.4, 0.5) is 0 Å². The number of hydrogen-bond acceptors (Lipinski definition) is 6. The Morgan fingerprint density at radius 3 is 2.67 bits per heavy atom. The topological polar surface area (TPSA) is 68.3 Å². The maximum atomic E-state index is 11.7. The van der Waals surface area contributed by atoms with Crippen molar-refractivity contribution in [1.29, 1.82) is 0 Å². The lowest BCUT2D eigenvalue weighted by molar-refractivity contribution is 0.0517. The third-order valence-electron chi connectivity index (χ3n) is 2.16. The van der Waals surface area contributed by atoms with Gasteiger partial charge in [0.05, 0.1) is 6.61 Å². The molecule has 0 aliphatic carbocycles. The van der Waals surface area contributed by atoms with E-state index in [0.29, 0.717) is 11.4 Å². The Hall–Kier alpha value is -1.27. The number of rotatable bonds is 7. The number of Topliss-reactive ketones (excluding diaryl/α,β-unsaturated/α-hetero) is 1. The Morgan fingerprint density at radius 2 is 2.11 bits per heavy atom. The molecular weight excluding hydrogens is 252 g/mol. The zero-order valence-electron chi connectivity index (χ0n) is 10.9. The lowest BCUT2D eigenvalue weighted by atomic mass is 10.3. The van der Waals surface area contributed by atoms with Crippen LogP contribution in [0.25, 0.3) is 0 Å². The van der Waals surface area contributed by atoms with Gasteiger partial charge < -0.3 is 10.1 Å². The largest absolute Gasteiger partial charge is 0.461 e. The quantitative estimate of drug-likeness (QED) is 0.466. The van der Waals surface area contributed by atoms with Gasteiger partial charge in [-0.2, -0.15) is 0 Å². The number of carbonyl (C=O) groups is 2. The van der Waals surface area contributed by atoms with E-state index in [0.717, 1.165) is 18.0 Å². The van der Waals surface area contributed by atoms with Crippen molar-refractivity contribution in [3.05, 3.63) is 15.6 Å². The van der Waals surface area contributed by atoms with Crippen LogP contribution in [0.5, 0.6) is 0 Å². The van der Waals surface area contributed by atoms with Crippen molar-refractivity contribution in [1.82, 2.24) is 10.3 Å². The van der Waals surface area contributed by atoms with Crippen molar-refractivity contribution in [2.75, 3.05) is 13.2 Å². The molecule has 5 nitrogen and oxygen atoms in total. The van der Waals surface area contributed by atoms with Gasteiger partial charge in [0, 0.05) is 13.5 Å². The van der Waals surface area contributed by atoms with Gasteiger partial charge in [-0.15, -0.1) is 11.3 Å². The molecule has 0 bridgehead atoms. The number of carbonyl (C=O) groups excluding carboxylic acids is 2. The molecule has 0 fully saturated rings. The second kappa shape index (κ2) is 7.23. The minimum absolute atomic E-state index is 0.141. The minimum atomic E-state index is -0.527. The van der Waals surface area contributed by atoms with Crippen molar-refractivity contribution in [2.24, 2.45) is 0 Å². The first-order valence-electron chi connectivity index (χ1n) is 5.98. The number of ether oxygens (including phenoxy) is 1. The van der Waals surface area contributed by atoms with Gasteiger partial charge >= 0.3 is 5.97 Å². The molecule has 0 unspecified atom stereocenters. The zero-order valence-corrected chi connectivity index (χ0v) is 11.7. The van der Waals surface area contributed by atoms with Gasteiger partial charge in [0.15, 0.2) is 11.5 Å². The smallest absolute Gasteiger partial charge is 0.358 e. The average Bonchev–Trinajstić information content (AvgIpc) is 2.74. The molecule has 18 heavy (non-hydrogen) atoms. The molecule has 1 aromatic heterocycles. The van der Waals surface area contributed by atoms with Crippen molar-refractivity contribution in [3.63, 3.8) is 0 Å². The first kappa shape index (κ1) is 14.8. The summed E-state index contributed by atoms with van der Waals surface area (Å²) in [5.74, 6) is -0.682. The average molecular weight is 270 g/mol. The van der Waals surface area contributed by atoms with E-state index < -0.39 is 5.97 Å². The van der Waals surface area contributed by atoms with E-state index in [9.17, 15) is 9.59 Å². The molecule has 0 saturated heterocycles. The summed E-state index contributed by atoms with van der Waals surface area (Å²) in [4.78, 5) is 27.7. The number of nitrogens with zero attached hydrogens (tertiary/aromatic N) is 1. The van der Waals surface area contributed by atoms with Crippen LogP contribution in [0.3, 0.4) is 0 Å². The van der Waals surface area contributed by atoms with Gasteiger partial charge in [-0.25, -0.2) is 9.78 Å². The Morgan fingerprint density at radius 1 is 1.39 bits per heavy atom. The van der Waals surface area contributed by atoms with Gasteiger partial charge in [0.25, 0.3) is 0 Å². The van der Waals surface area contributed by atoms with Crippen molar-refractivity contribution in [3.8, 4) is 0 Å². The summed E-state index contributed by atoms with van der Waals surface area (Å²) >= 11 is 1.25. The van der Waals surface area contributed by atoms with Crippen LogP contribution < -0.4 is 5.32 Å². The molecule has 0 aliphatic rings. The summed E-state index contributed by atoms with van der Waals surface area (Å²) in [7, 11) is 0. The predicted molar refractivity (Wildman–Crippen MR) is 70.1 cm³/mol. The highest BCUT2D eigenvalue weighted by molar-refractivity contribution is 7.14. The zero-order chi connectivity index (χ0) is 13.5. The maximum Gasteiger partial charge on any atom is 0.358 e. The van der Waals surface area contributed by atoms with E-state index in [2.05, 4.69) is 17.2 Å². The van der Waals surface area contributed by atoms with Crippen LogP contribution in [0, 0.1) is 0 Å². The third-order valence-corrected chi connectivity index (χ3v) is 3.32. The van der Waals surface area contributed by atoms with Crippen molar-refractivity contribution < 1.29 is 14.3 Å². The predicted octanol–water partition coefficient (Wildman–Crippen LogP) is 2.02. The lowest BCUT2D eigenvalue weighted by Crippen LogP contribution is -2.14. The Kier molecular flexibility index (Phi) is 5.94. The van der Waals surface area contributed by atoms with E-state index >= 15 is 0 Å². The minimum Gasteiger partial charge on any atom is -0.461 e. The number of hydrogen-bond donors (Lipinski definition) is 1.